The summed E-state index contributed by atoms with van der Waals surface area (Å²) >= 11 is 0. The van der Waals surface area contributed by atoms with Gasteiger partial charge in [-0.05, 0) is 17.5 Å². The van der Waals surface area contributed by atoms with E-state index in [9.17, 15) is 14.7 Å². The molecule has 1 saturated carbocycles. The Bertz CT molecular complexity index is 958. The van der Waals surface area contributed by atoms with E-state index in [1.807, 2.05) is 36.4 Å². The Kier molecular flexibility index (Phi) is 4.47. The van der Waals surface area contributed by atoms with Crippen LogP contribution in [0.3, 0.4) is 0 Å². The predicted octanol–water partition coefficient (Wildman–Crippen LogP) is 3.46. The lowest BCUT2D eigenvalue weighted by Crippen LogP contribution is -2.24. The molecule has 3 aromatic rings. The summed E-state index contributed by atoms with van der Waals surface area (Å²) in [5.74, 6) is -1.74. The maximum Gasteiger partial charge on any atom is 0.327 e. The van der Waals surface area contributed by atoms with E-state index >= 15 is 0 Å². The summed E-state index contributed by atoms with van der Waals surface area (Å²) < 4.78 is 1.51. The fraction of sp³-hybridized carbons (Fsp3) is 0.227. The minimum absolute atomic E-state index is 0.0251. The van der Waals surface area contributed by atoms with Gasteiger partial charge in [0.05, 0.1) is 6.42 Å². The molecule has 0 radical (unpaired) electrons. The second-order valence-electron chi connectivity index (χ2n) is 7.10. The van der Waals surface area contributed by atoms with Crippen LogP contribution in [0.15, 0.2) is 73.1 Å². The van der Waals surface area contributed by atoms with E-state index in [1.165, 1.54) is 4.57 Å². The number of aromatic nitrogens is 2. The Labute approximate surface area is 162 Å². The van der Waals surface area contributed by atoms with Crippen molar-refractivity contribution in [2.24, 2.45) is 0 Å². The summed E-state index contributed by atoms with van der Waals surface area (Å²) in [4.78, 5) is 27.3. The predicted molar refractivity (Wildman–Crippen MR) is 102 cm³/mol. The van der Waals surface area contributed by atoms with Gasteiger partial charge in [0.1, 0.15) is 11.9 Å². The number of rotatable bonds is 7. The highest BCUT2D eigenvalue weighted by Crippen LogP contribution is 2.64. The number of carbonyl (C=O) groups is 2. The van der Waals surface area contributed by atoms with Gasteiger partial charge in [-0.2, -0.15) is 0 Å². The zero-order valence-corrected chi connectivity index (χ0v) is 15.1. The van der Waals surface area contributed by atoms with E-state index < -0.39 is 24.4 Å². The first-order chi connectivity index (χ1) is 13.5. The van der Waals surface area contributed by atoms with E-state index in [1.54, 1.807) is 12.4 Å². The van der Waals surface area contributed by atoms with Gasteiger partial charge < -0.3 is 14.8 Å². The molecular formula is C22H20N2O4. The number of aliphatic carboxylic acids is 2. The van der Waals surface area contributed by atoms with Crippen molar-refractivity contribution in [3.05, 3.63) is 90.0 Å². The molecule has 6 heteroatoms. The normalized spacial score (nSPS) is 18.4. The molecule has 1 aliphatic carbocycles. The fourth-order valence-corrected chi connectivity index (χ4v) is 4.18. The molecule has 0 spiro atoms. The van der Waals surface area contributed by atoms with Gasteiger partial charge in [0.25, 0.3) is 0 Å². The number of hydrogen-bond acceptors (Lipinski definition) is 3. The third-order valence-corrected chi connectivity index (χ3v) is 5.54. The summed E-state index contributed by atoms with van der Waals surface area (Å²) in [5.41, 5.74) is 1.99. The van der Waals surface area contributed by atoms with Gasteiger partial charge in [-0.25, -0.2) is 9.78 Å². The van der Waals surface area contributed by atoms with Crippen LogP contribution in [0.5, 0.6) is 0 Å². The van der Waals surface area contributed by atoms with E-state index in [-0.39, 0.29) is 11.3 Å². The molecule has 28 heavy (non-hydrogen) atoms. The van der Waals surface area contributed by atoms with Crippen LogP contribution < -0.4 is 0 Å². The van der Waals surface area contributed by atoms with Gasteiger partial charge in [-0.3, -0.25) is 4.79 Å². The summed E-state index contributed by atoms with van der Waals surface area (Å²) in [6.45, 7) is 0. The second-order valence-corrected chi connectivity index (χ2v) is 7.10. The summed E-state index contributed by atoms with van der Waals surface area (Å²) in [6.07, 6.45) is 3.41. The van der Waals surface area contributed by atoms with Crippen molar-refractivity contribution in [1.29, 1.82) is 0 Å². The van der Waals surface area contributed by atoms with Gasteiger partial charge in [-0.1, -0.05) is 60.7 Å². The lowest BCUT2D eigenvalue weighted by atomic mass is 9.85. The molecule has 1 aliphatic rings. The molecule has 0 aliphatic heterocycles. The van der Waals surface area contributed by atoms with Crippen LogP contribution in [-0.4, -0.2) is 31.7 Å². The Morgan fingerprint density at radius 2 is 1.61 bits per heavy atom. The highest BCUT2D eigenvalue weighted by molar-refractivity contribution is 5.79. The van der Waals surface area contributed by atoms with E-state index in [0.717, 1.165) is 17.5 Å². The number of nitrogens with zero attached hydrogens (tertiary/aromatic N) is 2. The summed E-state index contributed by atoms with van der Waals surface area (Å²) in [7, 11) is 0. The van der Waals surface area contributed by atoms with Crippen LogP contribution in [0.4, 0.5) is 0 Å². The number of carboxylic acid groups (broad SMARTS) is 2. The van der Waals surface area contributed by atoms with Gasteiger partial charge in [0, 0.05) is 23.7 Å². The number of imidazole rings is 1. The monoisotopic (exact) mass is 376 g/mol. The summed E-state index contributed by atoms with van der Waals surface area (Å²) in [6, 6.07) is 19.0. The van der Waals surface area contributed by atoms with Crippen molar-refractivity contribution in [1.82, 2.24) is 9.55 Å². The molecule has 142 valence electrons. The first-order valence-corrected chi connectivity index (χ1v) is 9.12. The molecule has 1 aromatic heterocycles. The molecule has 4 rings (SSSR count). The number of benzene rings is 2. The molecule has 1 heterocycles. The topological polar surface area (TPSA) is 92.4 Å². The van der Waals surface area contributed by atoms with E-state index in [4.69, 9.17) is 5.11 Å². The van der Waals surface area contributed by atoms with Crippen molar-refractivity contribution in [3.63, 3.8) is 0 Å². The molecule has 2 aromatic carbocycles. The Morgan fingerprint density at radius 1 is 1.04 bits per heavy atom. The second kappa shape index (κ2) is 6.96. The quantitative estimate of drug-likeness (QED) is 0.659. The standard InChI is InChI=1S/C22H20N2O4/c25-19(26)13-18(21(27)28)24-12-11-23-20(24)17-14-22(17,15-7-3-1-4-8-15)16-9-5-2-6-10-16/h1-12,17-18H,13-14H2,(H,25,26)(H,27,28). The molecular weight excluding hydrogens is 356 g/mol. The minimum atomic E-state index is -1.18. The van der Waals surface area contributed by atoms with Crippen molar-refractivity contribution >= 4 is 11.9 Å². The lowest BCUT2D eigenvalue weighted by Gasteiger charge is -2.21. The van der Waals surface area contributed by atoms with Gasteiger partial charge >= 0.3 is 11.9 Å². The zero-order valence-electron chi connectivity index (χ0n) is 15.1. The Morgan fingerprint density at radius 3 is 2.11 bits per heavy atom. The molecule has 2 N–H and O–H groups in total. The molecule has 0 saturated heterocycles. The molecule has 6 nitrogen and oxygen atoms in total. The molecule has 2 atom stereocenters. The largest absolute Gasteiger partial charge is 0.481 e. The molecule has 0 bridgehead atoms. The average molecular weight is 376 g/mol. The molecule has 0 amide bonds. The smallest absolute Gasteiger partial charge is 0.327 e. The lowest BCUT2D eigenvalue weighted by molar-refractivity contribution is -0.147. The van der Waals surface area contributed by atoms with Gasteiger partial charge in [-0.15, -0.1) is 0 Å². The highest BCUT2D eigenvalue weighted by Gasteiger charge is 2.59. The van der Waals surface area contributed by atoms with Crippen molar-refractivity contribution in [3.8, 4) is 0 Å². The van der Waals surface area contributed by atoms with Crippen molar-refractivity contribution in [2.75, 3.05) is 0 Å². The third kappa shape index (κ3) is 2.97. The highest BCUT2D eigenvalue weighted by atomic mass is 16.4. The number of hydrogen-bond donors (Lipinski definition) is 2. The van der Waals surface area contributed by atoms with Crippen LogP contribution in [0.2, 0.25) is 0 Å². The van der Waals surface area contributed by atoms with Gasteiger partial charge in [0.2, 0.25) is 0 Å². The third-order valence-electron chi connectivity index (χ3n) is 5.54. The van der Waals surface area contributed by atoms with Crippen LogP contribution in [0.1, 0.15) is 41.8 Å². The van der Waals surface area contributed by atoms with Crippen LogP contribution in [0, 0.1) is 0 Å². The van der Waals surface area contributed by atoms with Crippen LogP contribution >= 0.6 is 0 Å². The van der Waals surface area contributed by atoms with E-state index in [2.05, 4.69) is 29.2 Å². The SMILES string of the molecule is O=C(O)CC(C(=O)O)n1ccnc1C1CC1(c1ccccc1)c1ccccc1. The molecule has 2 unspecified atom stereocenters. The fourth-order valence-electron chi connectivity index (χ4n) is 4.18. The van der Waals surface area contributed by atoms with Crippen LogP contribution in [-0.2, 0) is 15.0 Å². The number of carboxylic acids is 2. The minimum Gasteiger partial charge on any atom is -0.481 e. The van der Waals surface area contributed by atoms with E-state index in [0.29, 0.717) is 5.82 Å². The van der Waals surface area contributed by atoms with Crippen molar-refractivity contribution in [2.45, 2.75) is 30.2 Å². The zero-order chi connectivity index (χ0) is 19.7. The van der Waals surface area contributed by atoms with Crippen LogP contribution in [0.25, 0.3) is 0 Å². The van der Waals surface area contributed by atoms with Gasteiger partial charge in [0.15, 0.2) is 0 Å². The molecule has 1 fully saturated rings. The average Bonchev–Trinajstić information content (AvgIpc) is 3.28. The first kappa shape index (κ1) is 18.0. The Hall–Kier alpha value is -3.41. The first-order valence-electron chi connectivity index (χ1n) is 9.12. The summed E-state index contributed by atoms with van der Waals surface area (Å²) in [5, 5.41) is 18.7. The van der Waals surface area contributed by atoms with Crippen molar-refractivity contribution < 1.29 is 19.8 Å². The maximum absolute atomic E-state index is 11.7. The Balaban J connectivity index is 1.78. The maximum atomic E-state index is 11.7.